The average Bonchev–Trinajstić information content (AvgIpc) is 1.91. The van der Waals surface area contributed by atoms with Crippen LogP contribution in [0.2, 0.25) is 0 Å². The van der Waals surface area contributed by atoms with E-state index in [-0.39, 0.29) is 6.61 Å². The van der Waals surface area contributed by atoms with Crippen molar-refractivity contribution in [3.05, 3.63) is 0 Å². The minimum atomic E-state index is 0.250. The van der Waals surface area contributed by atoms with Crippen molar-refractivity contribution < 1.29 is 5.11 Å². The first-order valence-corrected chi connectivity index (χ1v) is 4.14. The summed E-state index contributed by atoms with van der Waals surface area (Å²) < 4.78 is 0. The largest absolute Gasteiger partial charge is 0.397 e. The van der Waals surface area contributed by atoms with Crippen molar-refractivity contribution in [1.82, 2.24) is 5.32 Å². The molecule has 0 rings (SSSR count). The molecule has 0 aromatic rings. The smallest absolute Gasteiger partial charge is 0.0402 e. The van der Waals surface area contributed by atoms with E-state index in [1.165, 1.54) is 25.9 Å². The minimum absolute atomic E-state index is 0.250. The van der Waals surface area contributed by atoms with Crippen LogP contribution in [0.5, 0.6) is 0 Å². The highest BCUT2D eigenvalue weighted by Gasteiger charge is 1.76. The molecule has 0 aliphatic rings. The molecule has 0 saturated heterocycles. The van der Waals surface area contributed by atoms with E-state index < -0.39 is 0 Å². The van der Waals surface area contributed by atoms with E-state index in [1.807, 2.05) is 0 Å². The summed E-state index contributed by atoms with van der Waals surface area (Å²) >= 11 is 0. The second-order valence-electron chi connectivity index (χ2n) is 2.07. The second-order valence-corrected chi connectivity index (χ2v) is 2.07. The first kappa shape index (κ1) is 12.6. The Kier molecular flexibility index (Phi) is 20.1. The molecule has 0 atom stereocenters. The lowest BCUT2D eigenvalue weighted by atomic mass is 10.4. The van der Waals surface area contributed by atoms with Crippen LogP contribution >= 0.6 is 0 Å². The van der Waals surface area contributed by atoms with Gasteiger partial charge in [0.2, 0.25) is 0 Å². The zero-order chi connectivity index (χ0) is 8.24. The lowest BCUT2D eigenvalue weighted by molar-refractivity contribution is 0.318. The molecule has 0 radical (unpaired) electrons. The van der Waals surface area contributed by atoms with Crippen LogP contribution in [0.15, 0.2) is 0 Å². The zero-order valence-corrected chi connectivity index (χ0v) is 7.48. The van der Waals surface area contributed by atoms with Gasteiger partial charge in [-0.1, -0.05) is 13.8 Å². The maximum atomic E-state index is 7.57. The molecule has 0 bridgehead atoms. The van der Waals surface area contributed by atoms with E-state index in [0.717, 1.165) is 0 Å². The number of aliphatic hydroxyl groups is 1. The fourth-order valence-corrected chi connectivity index (χ4v) is 0.479. The molecule has 2 nitrogen and oxygen atoms in total. The lowest BCUT2D eigenvalue weighted by Gasteiger charge is -1.95. The number of hydrogen-bond donors (Lipinski definition) is 2. The Hall–Kier alpha value is -0.0800. The number of rotatable bonds is 4. The summed E-state index contributed by atoms with van der Waals surface area (Å²) in [5, 5.41) is 10.9. The van der Waals surface area contributed by atoms with Crippen LogP contribution in [-0.2, 0) is 0 Å². The van der Waals surface area contributed by atoms with Gasteiger partial charge in [-0.3, -0.25) is 0 Å². The van der Waals surface area contributed by atoms with Crippen LogP contribution < -0.4 is 5.32 Å². The first-order valence-electron chi connectivity index (χ1n) is 4.14. The standard InChI is InChI=1S/C6H15N.C2H6O/c1-3-5-7-6-4-2;1-2-3/h7H,3-6H2,1-2H3;3H,2H2,1H3. The second kappa shape index (κ2) is 16.0. The van der Waals surface area contributed by atoms with Crippen LogP contribution in [0.25, 0.3) is 0 Å². The van der Waals surface area contributed by atoms with E-state index >= 15 is 0 Å². The zero-order valence-electron chi connectivity index (χ0n) is 7.48. The van der Waals surface area contributed by atoms with Crippen molar-refractivity contribution in [2.45, 2.75) is 33.6 Å². The Morgan fingerprint density at radius 3 is 1.50 bits per heavy atom. The molecule has 0 saturated carbocycles. The Morgan fingerprint density at radius 2 is 1.30 bits per heavy atom. The van der Waals surface area contributed by atoms with Crippen LogP contribution in [0.3, 0.4) is 0 Å². The van der Waals surface area contributed by atoms with Crippen molar-refractivity contribution in [2.24, 2.45) is 0 Å². The van der Waals surface area contributed by atoms with Crippen LogP contribution in [-0.4, -0.2) is 24.8 Å². The van der Waals surface area contributed by atoms with Crippen molar-refractivity contribution in [1.29, 1.82) is 0 Å². The van der Waals surface area contributed by atoms with E-state index in [4.69, 9.17) is 5.11 Å². The van der Waals surface area contributed by atoms with Crippen LogP contribution in [0.4, 0.5) is 0 Å². The molecule has 0 fully saturated rings. The highest BCUT2D eigenvalue weighted by atomic mass is 16.2. The maximum absolute atomic E-state index is 7.57. The lowest BCUT2D eigenvalue weighted by Crippen LogP contribution is -2.14. The van der Waals surface area contributed by atoms with Gasteiger partial charge in [0.05, 0.1) is 0 Å². The molecule has 2 heteroatoms. The van der Waals surface area contributed by atoms with Crippen molar-refractivity contribution in [3.63, 3.8) is 0 Å². The van der Waals surface area contributed by atoms with Gasteiger partial charge in [-0.05, 0) is 32.9 Å². The van der Waals surface area contributed by atoms with E-state index in [1.54, 1.807) is 6.92 Å². The topological polar surface area (TPSA) is 32.3 Å². The first-order chi connectivity index (χ1) is 4.83. The van der Waals surface area contributed by atoms with Crippen molar-refractivity contribution in [3.8, 4) is 0 Å². The molecule has 0 aliphatic carbocycles. The van der Waals surface area contributed by atoms with E-state index in [0.29, 0.717) is 0 Å². The molecule has 0 aromatic carbocycles. The maximum Gasteiger partial charge on any atom is 0.0402 e. The molecule has 0 amide bonds. The Bertz CT molecular complexity index is 36.2. The Labute approximate surface area is 64.6 Å². The molecular formula is C8H21NO. The van der Waals surface area contributed by atoms with Crippen molar-refractivity contribution >= 4 is 0 Å². The van der Waals surface area contributed by atoms with Crippen molar-refractivity contribution in [2.75, 3.05) is 19.7 Å². The van der Waals surface area contributed by atoms with Gasteiger partial charge >= 0.3 is 0 Å². The quantitative estimate of drug-likeness (QED) is 0.589. The summed E-state index contributed by atoms with van der Waals surface area (Å²) in [6.45, 7) is 8.65. The van der Waals surface area contributed by atoms with Gasteiger partial charge in [0.1, 0.15) is 0 Å². The molecule has 64 valence electrons. The SMILES string of the molecule is CCCNCCC.CCO. The fraction of sp³-hybridized carbons (Fsp3) is 1.00. The minimum Gasteiger partial charge on any atom is -0.397 e. The van der Waals surface area contributed by atoms with Gasteiger partial charge in [-0.2, -0.15) is 0 Å². The van der Waals surface area contributed by atoms with Gasteiger partial charge in [0.15, 0.2) is 0 Å². The molecule has 0 aromatic heterocycles. The molecule has 10 heavy (non-hydrogen) atoms. The normalized spacial score (nSPS) is 8.40. The summed E-state index contributed by atoms with van der Waals surface area (Å²) in [6.07, 6.45) is 2.50. The molecule has 2 N–H and O–H groups in total. The molecule has 0 heterocycles. The molecule has 0 aliphatic heterocycles. The third-order valence-corrected chi connectivity index (χ3v) is 0.854. The summed E-state index contributed by atoms with van der Waals surface area (Å²) in [6, 6.07) is 0. The monoisotopic (exact) mass is 147 g/mol. The molecular weight excluding hydrogens is 126 g/mol. The number of hydrogen-bond acceptors (Lipinski definition) is 2. The third kappa shape index (κ3) is 24.7. The van der Waals surface area contributed by atoms with Crippen LogP contribution in [0, 0.1) is 0 Å². The molecule has 0 unspecified atom stereocenters. The van der Waals surface area contributed by atoms with Gasteiger partial charge < -0.3 is 10.4 Å². The van der Waals surface area contributed by atoms with E-state index in [2.05, 4.69) is 19.2 Å². The summed E-state index contributed by atoms with van der Waals surface area (Å²) in [5.41, 5.74) is 0. The third-order valence-electron chi connectivity index (χ3n) is 0.854. The van der Waals surface area contributed by atoms with Gasteiger partial charge in [-0.25, -0.2) is 0 Å². The van der Waals surface area contributed by atoms with E-state index in [9.17, 15) is 0 Å². The summed E-state index contributed by atoms with van der Waals surface area (Å²) in [5.74, 6) is 0. The highest BCUT2D eigenvalue weighted by molar-refractivity contribution is 4.39. The Balaban J connectivity index is 0. The highest BCUT2D eigenvalue weighted by Crippen LogP contribution is 1.71. The molecule has 0 spiro atoms. The van der Waals surface area contributed by atoms with Gasteiger partial charge in [-0.15, -0.1) is 0 Å². The van der Waals surface area contributed by atoms with Gasteiger partial charge in [0.25, 0.3) is 0 Å². The summed E-state index contributed by atoms with van der Waals surface area (Å²) in [7, 11) is 0. The number of aliphatic hydroxyl groups excluding tert-OH is 1. The van der Waals surface area contributed by atoms with Crippen LogP contribution in [0.1, 0.15) is 33.6 Å². The predicted molar refractivity (Wildman–Crippen MR) is 46.2 cm³/mol. The average molecular weight is 147 g/mol. The fourth-order valence-electron chi connectivity index (χ4n) is 0.479. The Morgan fingerprint density at radius 1 is 1.00 bits per heavy atom. The summed E-state index contributed by atoms with van der Waals surface area (Å²) in [4.78, 5) is 0. The predicted octanol–water partition coefficient (Wildman–Crippen LogP) is 1.39. The number of nitrogens with one attached hydrogen (secondary N) is 1. The van der Waals surface area contributed by atoms with Gasteiger partial charge in [0, 0.05) is 6.61 Å².